The first-order valence-electron chi connectivity index (χ1n) is 8.98. The van der Waals surface area contributed by atoms with Crippen LogP contribution in [0.15, 0.2) is 89.9 Å². The van der Waals surface area contributed by atoms with E-state index in [0.717, 1.165) is 16.4 Å². The molecule has 2 atom stereocenters. The first kappa shape index (κ1) is 17.7. The summed E-state index contributed by atoms with van der Waals surface area (Å²) < 4.78 is 5.28. The minimum absolute atomic E-state index is 0.0820. The predicted octanol–water partition coefficient (Wildman–Crippen LogP) is 5.39. The molecule has 1 aliphatic rings. The Kier molecular flexibility index (Phi) is 5.16. The van der Waals surface area contributed by atoms with Crippen LogP contribution in [-0.2, 0) is 0 Å². The standard InChI is InChI=1S/C23H22N2OS/c1-25(19-11-7-4-8-12-19)23-21(17-9-5-3-6-10-17)24-22(27-23)18-13-15-20(26-2)16-14-18/h3-16,21,23H,1-2H3/t21-,23+/m1/s1. The minimum Gasteiger partial charge on any atom is -0.497 e. The number of benzene rings is 3. The van der Waals surface area contributed by atoms with Crippen molar-refractivity contribution in [3.05, 3.63) is 96.1 Å². The third-order valence-electron chi connectivity index (χ3n) is 4.78. The van der Waals surface area contributed by atoms with Crippen LogP contribution in [0.4, 0.5) is 5.69 Å². The maximum atomic E-state index is 5.28. The van der Waals surface area contributed by atoms with E-state index in [1.54, 1.807) is 7.11 Å². The van der Waals surface area contributed by atoms with Crippen LogP contribution in [0.25, 0.3) is 0 Å². The van der Waals surface area contributed by atoms with Crippen LogP contribution in [0.1, 0.15) is 17.2 Å². The third-order valence-corrected chi connectivity index (χ3v) is 6.16. The number of anilines is 1. The van der Waals surface area contributed by atoms with Gasteiger partial charge in [0, 0.05) is 18.3 Å². The van der Waals surface area contributed by atoms with E-state index in [2.05, 4.69) is 78.7 Å². The van der Waals surface area contributed by atoms with Gasteiger partial charge >= 0.3 is 0 Å². The van der Waals surface area contributed by atoms with Crippen molar-refractivity contribution in [3.8, 4) is 5.75 Å². The quantitative estimate of drug-likeness (QED) is 0.598. The van der Waals surface area contributed by atoms with Gasteiger partial charge in [-0.2, -0.15) is 0 Å². The first-order valence-corrected chi connectivity index (χ1v) is 9.86. The minimum atomic E-state index is 0.0820. The van der Waals surface area contributed by atoms with Crippen LogP contribution in [0.5, 0.6) is 5.75 Å². The molecule has 4 heteroatoms. The summed E-state index contributed by atoms with van der Waals surface area (Å²) in [4.78, 5) is 7.43. The zero-order valence-corrected chi connectivity index (χ0v) is 16.3. The highest BCUT2D eigenvalue weighted by molar-refractivity contribution is 8.15. The fourth-order valence-corrected chi connectivity index (χ4v) is 4.57. The number of hydrogen-bond acceptors (Lipinski definition) is 4. The number of rotatable bonds is 5. The fourth-order valence-electron chi connectivity index (χ4n) is 3.27. The van der Waals surface area contributed by atoms with Gasteiger partial charge in [-0.05, 0) is 42.0 Å². The fraction of sp³-hybridized carbons (Fsp3) is 0.174. The van der Waals surface area contributed by atoms with E-state index < -0.39 is 0 Å². The second kappa shape index (κ2) is 7.89. The number of methoxy groups -OCH3 is 1. The van der Waals surface area contributed by atoms with Gasteiger partial charge in [0.2, 0.25) is 0 Å². The second-order valence-corrected chi connectivity index (χ2v) is 7.58. The van der Waals surface area contributed by atoms with Gasteiger partial charge in [0.1, 0.15) is 22.2 Å². The molecule has 0 amide bonds. The van der Waals surface area contributed by atoms with Gasteiger partial charge in [0.15, 0.2) is 0 Å². The highest BCUT2D eigenvalue weighted by atomic mass is 32.2. The molecule has 3 aromatic rings. The number of nitrogens with zero attached hydrogens (tertiary/aromatic N) is 2. The lowest BCUT2D eigenvalue weighted by atomic mass is 10.1. The van der Waals surface area contributed by atoms with Crippen molar-refractivity contribution in [1.29, 1.82) is 0 Å². The number of likely N-dealkylation sites (N-methyl/N-ethyl adjacent to an activating group) is 1. The van der Waals surface area contributed by atoms with E-state index in [-0.39, 0.29) is 11.4 Å². The molecule has 0 bridgehead atoms. The molecular weight excluding hydrogens is 352 g/mol. The summed E-state index contributed by atoms with van der Waals surface area (Å²) in [5.41, 5.74) is 3.56. The predicted molar refractivity (Wildman–Crippen MR) is 115 cm³/mol. The molecule has 1 aliphatic heterocycles. The molecular formula is C23H22N2OS. The highest BCUT2D eigenvalue weighted by Gasteiger charge is 2.35. The first-order chi connectivity index (χ1) is 13.3. The summed E-state index contributed by atoms with van der Waals surface area (Å²) in [7, 11) is 3.84. The summed E-state index contributed by atoms with van der Waals surface area (Å²) in [6.07, 6.45) is 0. The Morgan fingerprint density at radius 2 is 1.48 bits per heavy atom. The Labute approximate surface area is 164 Å². The maximum Gasteiger partial charge on any atom is 0.118 e. The summed E-state index contributed by atoms with van der Waals surface area (Å²) in [5, 5.41) is 1.27. The monoisotopic (exact) mass is 374 g/mol. The van der Waals surface area contributed by atoms with Crippen LogP contribution in [0.3, 0.4) is 0 Å². The largest absolute Gasteiger partial charge is 0.497 e. The topological polar surface area (TPSA) is 24.8 Å². The molecule has 27 heavy (non-hydrogen) atoms. The van der Waals surface area contributed by atoms with Gasteiger partial charge in [0.05, 0.1) is 7.11 Å². The van der Waals surface area contributed by atoms with E-state index >= 15 is 0 Å². The summed E-state index contributed by atoms with van der Waals surface area (Å²) in [6.45, 7) is 0. The van der Waals surface area contributed by atoms with Gasteiger partial charge in [-0.25, -0.2) is 0 Å². The lowest BCUT2D eigenvalue weighted by molar-refractivity contribution is 0.415. The molecule has 0 unspecified atom stereocenters. The van der Waals surface area contributed by atoms with Crippen molar-refractivity contribution in [2.24, 2.45) is 4.99 Å². The Hall–Kier alpha value is -2.72. The second-order valence-electron chi connectivity index (χ2n) is 6.47. The number of hydrogen-bond donors (Lipinski definition) is 0. The van der Waals surface area contributed by atoms with Crippen molar-refractivity contribution in [3.63, 3.8) is 0 Å². The van der Waals surface area contributed by atoms with E-state index in [0.29, 0.717) is 0 Å². The molecule has 1 heterocycles. The number of para-hydroxylation sites is 1. The number of aliphatic imine (C=N–C) groups is 1. The Morgan fingerprint density at radius 1 is 0.852 bits per heavy atom. The van der Waals surface area contributed by atoms with Crippen LogP contribution in [-0.4, -0.2) is 24.6 Å². The van der Waals surface area contributed by atoms with Gasteiger partial charge in [-0.1, -0.05) is 60.3 Å². The number of ether oxygens (including phenoxy) is 1. The lowest BCUT2D eigenvalue weighted by Crippen LogP contribution is -2.31. The molecule has 0 saturated carbocycles. The molecule has 0 N–H and O–H groups in total. The van der Waals surface area contributed by atoms with Gasteiger partial charge in [-0.3, -0.25) is 4.99 Å². The van der Waals surface area contributed by atoms with Crippen molar-refractivity contribution in [2.45, 2.75) is 11.4 Å². The van der Waals surface area contributed by atoms with Crippen molar-refractivity contribution in [2.75, 3.05) is 19.1 Å². The molecule has 3 nitrogen and oxygen atoms in total. The summed E-state index contributed by atoms with van der Waals surface area (Å²) >= 11 is 1.82. The molecule has 3 aromatic carbocycles. The van der Waals surface area contributed by atoms with Crippen LogP contribution >= 0.6 is 11.8 Å². The van der Waals surface area contributed by atoms with Crippen LogP contribution < -0.4 is 9.64 Å². The van der Waals surface area contributed by atoms with E-state index in [1.807, 2.05) is 30.0 Å². The molecule has 0 saturated heterocycles. The summed E-state index contributed by atoms with van der Waals surface area (Å²) in [5.74, 6) is 0.861. The molecule has 0 radical (unpaired) electrons. The molecule has 136 valence electrons. The van der Waals surface area contributed by atoms with Gasteiger partial charge < -0.3 is 9.64 Å². The molecule has 0 aromatic heterocycles. The Morgan fingerprint density at radius 3 is 2.11 bits per heavy atom. The van der Waals surface area contributed by atoms with E-state index in [1.165, 1.54) is 11.3 Å². The zero-order valence-electron chi connectivity index (χ0n) is 15.4. The van der Waals surface area contributed by atoms with E-state index in [9.17, 15) is 0 Å². The Balaban J connectivity index is 1.68. The summed E-state index contributed by atoms with van der Waals surface area (Å²) in [6, 6.07) is 29.3. The molecule has 0 fully saturated rings. The van der Waals surface area contributed by atoms with Gasteiger partial charge in [0.25, 0.3) is 0 Å². The smallest absolute Gasteiger partial charge is 0.118 e. The van der Waals surface area contributed by atoms with Gasteiger partial charge in [-0.15, -0.1) is 0 Å². The van der Waals surface area contributed by atoms with E-state index in [4.69, 9.17) is 9.73 Å². The Bertz CT molecular complexity index is 910. The van der Waals surface area contributed by atoms with Crippen molar-refractivity contribution >= 4 is 22.5 Å². The normalized spacial score (nSPS) is 18.8. The van der Waals surface area contributed by atoms with Crippen molar-refractivity contribution in [1.82, 2.24) is 0 Å². The van der Waals surface area contributed by atoms with Crippen molar-refractivity contribution < 1.29 is 4.74 Å². The molecule has 4 rings (SSSR count). The van der Waals surface area contributed by atoms with Crippen LogP contribution in [0.2, 0.25) is 0 Å². The average molecular weight is 375 g/mol. The molecule has 0 spiro atoms. The van der Waals surface area contributed by atoms with Crippen LogP contribution in [0, 0.1) is 0 Å². The lowest BCUT2D eigenvalue weighted by Gasteiger charge is -2.30. The molecule has 0 aliphatic carbocycles. The number of thioether (sulfide) groups is 1. The maximum absolute atomic E-state index is 5.28. The zero-order chi connectivity index (χ0) is 18.6. The highest BCUT2D eigenvalue weighted by Crippen LogP contribution is 2.42. The third kappa shape index (κ3) is 3.71. The average Bonchev–Trinajstić information content (AvgIpc) is 3.20. The SMILES string of the molecule is COc1ccc(C2=N[C@H](c3ccccc3)[C@@H](N(C)c3ccccc3)S2)cc1.